The Hall–Kier alpha value is -2.90. The molecule has 0 aliphatic carbocycles. The quantitative estimate of drug-likeness (QED) is 0.773. The standard InChI is InChI=1S/C14H15FN4O3/c1-18-11(8-13(21)19(2)14(18)22)16-17-12(20)7-9-3-5-10(15)6-4-9/h3-6,8,16H,7H2,1-2H3,(H,17,20). The second kappa shape index (κ2) is 6.25. The summed E-state index contributed by atoms with van der Waals surface area (Å²) < 4.78 is 14.9. The third-order valence-electron chi connectivity index (χ3n) is 3.13. The van der Waals surface area contributed by atoms with Gasteiger partial charge in [-0.05, 0) is 17.7 Å². The fraction of sp³-hybridized carbons (Fsp3) is 0.214. The smallest absolute Gasteiger partial charge is 0.283 e. The lowest BCUT2D eigenvalue weighted by atomic mass is 10.1. The summed E-state index contributed by atoms with van der Waals surface area (Å²) in [5, 5.41) is 0. The average molecular weight is 306 g/mol. The van der Waals surface area contributed by atoms with Gasteiger partial charge in [-0.2, -0.15) is 0 Å². The lowest BCUT2D eigenvalue weighted by molar-refractivity contribution is -0.119. The molecule has 116 valence electrons. The SMILES string of the molecule is Cn1c(NNC(=O)Cc2ccc(F)cc2)cc(=O)n(C)c1=O. The van der Waals surface area contributed by atoms with Crippen LogP contribution in [0.4, 0.5) is 10.2 Å². The molecule has 1 aromatic carbocycles. The molecule has 0 saturated carbocycles. The van der Waals surface area contributed by atoms with Crippen LogP contribution in [0.3, 0.4) is 0 Å². The molecule has 1 amide bonds. The van der Waals surface area contributed by atoms with E-state index in [1.807, 2.05) is 0 Å². The second-order valence-electron chi connectivity index (χ2n) is 4.74. The highest BCUT2D eigenvalue weighted by molar-refractivity contribution is 5.79. The topological polar surface area (TPSA) is 85.1 Å². The van der Waals surface area contributed by atoms with Gasteiger partial charge in [0.15, 0.2) is 0 Å². The van der Waals surface area contributed by atoms with Crippen LogP contribution < -0.4 is 22.1 Å². The predicted molar refractivity (Wildman–Crippen MR) is 78.8 cm³/mol. The number of benzene rings is 1. The van der Waals surface area contributed by atoms with Gasteiger partial charge in [0.2, 0.25) is 5.91 Å². The number of hydrogen-bond donors (Lipinski definition) is 2. The predicted octanol–water partition coefficient (Wildman–Crippen LogP) is -0.0911. The fourth-order valence-corrected chi connectivity index (χ4v) is 1.82. The molecule has 2 rings (SSSR count). The number of hydrazine groups is 1. The Balaban J connectivity index is 2.04. The summed E-state index contributed by atoms with van der Waals surface area (Å²) in [7, 11) is 2.83. The van der Waals surface area contributed by atoms with Gasteiger partial charge in [0.05, 0.1) is 6.42 Å². The zero-order valence-corrected chi connectivity index (χ0v) is 12.1. The van der Waals surface area contributed by atoms with E-state index in [9.17, 15) is 18.8 Å². The largest absolute Gasteiger partial charge is 0.332 e. The van der Waals surface area contributed by atoms with E-state index in [-0.39, 0.29) is 24.0 Å². The number of nitrogens with zero attached hydrogens (tertiary/aromatic N) is 2. The molecule has 0 bridgehead atoms. The molecule has 0 saturated heterocycles. The summed E-state index contributed by atoms with van der Waals surface area (Å²) in [6.45, 7) is 0. The Morgan fingerprint density at radius 1 is 1.14 bits per heavy atom. The summed E-state index contributed by atoms with van der Waals surface area (Å²) in [6.07, 6.45) is 0.0338. The number of aromatic nitrogens is 2. The number of amides is 1. The van der Waals surface area contributed by atoms with Gasteiger partial charge in [-0.15, -0.1) is 0 Å². The molecule has 2 N–H and O–H groups in total. The van der Waals surface area contributed by atoms with E-state index >= 15 is 0 Å². The highest BCUT2D eigenvalue weighted by Crippen LogP contribution is 2.03. The first kappa shape index (κ1) is 15.5. The highest BCUT2D eigenvalue weighted by atomic mass is 19.1. The third kappa shape index (κ3) is 3.40. The molecule has 0 spiro atoms. The van der Waals surface area contributed by atoms with E-state index in [1.165, 1.54) is 49.0 Å². The summed E-state index contributed by atoms with van der Waals surface area (Å²) in [5.41, 5.74) is 4.55. The van der Waals surface area contributed by atoms with Gasteiger partial charge in [0.25, 0.3) is 5.56 Å². The van der Waals surface area contributed by atoms with E-state index in [0.29, 0.717) is 5.56 Å². The van der Waals surface area contributed by atoms with Crippen molar-refractivity contribution in [3.63, 3.8) is 0 Å². The van der Waals surface area contributed by atoms with Crippen LogP contribution in [-0.2, 0) is 25.3 Å². The maximum Gasteiger partial charge on any atom is 0.332 e. The second-order valence-corrected chi connectivity index (χ2v) is 4.74. The van der Waals surface area contributed by atoms with Gasteiger partial charge in [0.1, 0.15) is 11.6 Å². The molecule has 7 nitrogen and oxygen atoms in total. The molecule has 22 heavy (non-hydrogen) atoms. The van der Waals surface area contributed by atoms with Gasteiger partial charge in [-0.3, -0.25) is 29.6 Å². The zero-order chi connectivity index (χ0) is 16.3. The Labute approximate surface area is 125 Å². The Kier molecular flexibility index (Phi) is 4.40. The number of carbonyl (C=O) groups excluding carboxylic acids is 1. The van der Waals surface area contributed by atoms with Crippen molar-refractivity contribution >= 4 is 11.7 Å². The molecular formula is C14H15FN4O3. The van der Waals surface area contributed by atoms with Crippen LogP contribution in [0.1, 0.15) is 5.56 Å². The van der Waals surface area contributed by atoms with Crippen LogP contribution in [0, 0.1) is 5.82 Å². The van der Waals surface area contributed by atoms with Crippen LogP contribution in [0.5, 0.6) is 0 Å². The van der Waals surface area contributed by atoms with Crippen molar-refractivity contribution in [3.8, 4) is 0 Å². The molecule has 0 unspecified atom stereocenters. The maximum absolute atomic E-state index is 12.8. The fourth-order valence-electron chi connectivity index (χ4n) is 1.82. The first-order chi connectivity index (χ1) is 10.4. The molecule has 2 aromatic rings. The van der Waals surface area contributed by atoms with E-state index in [0.717, 1.165) is 4.57 Å². The van der Waals surface area contributed by atoms with Crippen molar-refractivity contribution in [2.24, 2.45) is 14.1 Å². The summed E-state index contributed by atoms with van der Waals surface area (Å²) in [4.78, 5) is 35.0. The highest BCUT2D eigenvalue weighted by Gasteiger charge is 2.07. The van der Waals surface area contributed by atoms with Gasteiger partial charge < -0.3 is 0 Å². The molecule has 0 aliphatic heterocycles. The lowest BCUT2D eigenvalue weighted by Gasteiger charge is -2.12. The third-order valence-corrected chi connectivity index (χ3v) is 3.13. The minimum atomic E-state index is -0.511. The van der Waals surface area contributed by atoms with Crippen molar-refractivity contribution in [3.05, 3.63) is 62.6 Å². The maximum atomic E-state index is 12.8. The van der Waals surface area contributed by atoms with Crippen LogP contribution in [0.15, 0.2) is 39.9 Å². The van der Waals surface area contributed by atoms with Crippen LogP contribution in [0.25, 0.3) is 0 Å². The number of hydrogen-bond acceptors (Lipinski definition) is 4. The van der Waals surface area contributed by atoms with Gasteiger partial charge >= 0.3 is 5.69 Å². The first-order valence-electron chi connectivity index (χ1n) is 6.45. The molecule has 0 fully saturated rings. The van der Waals surface area contributed by atoms with Crippen LogP contribution in [-0.4, -0.2) is 15.0 Å². The van der Waals surface area contributed by atoms with E-state index < -0.39 is 11.2 Å². The molecule has 8 heteroatoms. The van der Waals surface area contributed by atoms with Gasteiger partial charge in [-0.25, -0.2) is 9.18 Å². The van der Waals surface area contributed by atoms with Crippen molar-refractivity contribution in [2.45, 2.75) is 6.42 Å². The zero-order valence-electron chi connectivity index (χ0n) is 12.1. The number of halogens is 1. The molecule has 0 atom stereocenters. The molecular weight excluding hydrogens is 291 g/mol. The Morgan fingerprint density at radius 3 is 2.41 bits per heavy atom. The van der Waals surface area contributed by atoms with Crippen molar-refractivity contribution < 1.29 is 9.18 Å². The molecule has 1 aromatic heterocycles. The number of anilines is 1. The summed E-state index contributed by atoms with van der Waals surface area (Å²) in [6, 6.07) is 6.73. The van der Waals surface area contributed by atoms with Crippen LogP contribution in [0.2, 0.25) is 0 Å². The lowest BCUT2D eigenvalue weighted by Crippen LogP contribution is -2.40. The van der Waals surface area contributed by atoms with Crippen molar-refractivity contribution in [1.29, 1.82) is 0 Å². The monoisotopic (exact) mass is 306 g/mol. The Morgan fingerprint density at radius 2 is 1.77 bits per heavy atom. The summed E-state index contributed by atoms with van der Waals surface area (Å²) in [5.74, 6) is -0.599. The molecule has 0 radical (unpaired) electrons. The first-order valence-corrected chi connectivity index (χ1v) is 6.45. The normalized spacial score (nSPS) is 10.3. The van der Waals surface area contributed by atoms with Crippen LogP contribution >= 0.6 is 0 Å². The average Bonchev–Trinajstić information content (AvgIpc) is 2.50. The number of nitrogens with one attached hydrogen (secondary N) is 2. The van der Waals surface area contributed by atoms with Crippen molar-refractivity contribution in [1.82, 2.24) is 14.6 Å². The van der Waals surface area contributed by atoms with Gasteiger partial charge in [-0.1, -0.05) is 12.1 Å². The molecule has 1 heterocycles. The summed E-state index contributed by atoms with van der Waals surface area (Å²) >= 11 is 0. The van der Waals surface area contributed by atoms with E-state index in [1.54, 1.807) is 0 Å². The van der Waals surface area contributed by atoms with E-state index in [2.05, 4.69) is 10.9 Å². The number of rotatable bonds is 4. The Bertz CT molecular complexity index is 808. The number of carbonyl (C=O) groups is 1. The minimum Gasteiger partial charge on any atom is -0.283 e. The van der Waals surface area contributed by atoms with Crippen molar-refractivity contribution in [2.75, 3.05) is 5.43 Å². The van der Waals surface area contributed by atoms with Gasteiger partial charge in [0, 0.05) is 20.2 Å². The van der Waals surface area contributed by atoms with E-state index in [4.69, 9.17) is 0 Å². The molecule has 0 aliphatic rings. The minimum absolute atomic E-state index is 0.0338.